The van der Waals surface area contributed by atoms with Crippen molar-refractivity contribution in [2.24, 2.45) is 5.73 Å². The Bertz CT molecular complexity index is 419. The van der Waals surface area contributed by atoms with Crippen LogP contribution in [0.5, 0.6) is 0 Å². The number of nitrogens with two attached hydrogens (primary N) is 1. The smallest absolute Gasteiger partial charge is 0.375 e. The van der Waals surface area contributed by atoms with Gasteiger partial charge in [-0.1, -0.05) is 18.2 Å². The summed E-state index contributed by atoms with van der Waals surface area (Å²) in [6, 6.07) is 5.06. The Labute approximate surface area is 114 Å². The third-order valence-electron chi connectivity index (χ3n) is 3.04. The van der Waals surface area contributed by atoms with Crippen molar-refractivity contribution in [3.63, 3.8) is 0 Å². The fraction of sp³-hybridized carbons (Fsp3) is 0.538. The van der Waals surface area contributed by atoms with Crippen molar-refractivity contribution in [1.82, 2.24) is 0 Å². The summed E-state index contributed by atoms with van der Waals surface area (Å²) in [5.74, 6) is 1.76. The number of halogens is 3. The molecule has 1 aromatic rings. The monoisotopic (exact) mass is 291 g/mol. The van der Waals surface area contributed by atoms with E-state index in [2.05, 4.69) is 0 Å². The summed E-state index contributed by atoms with van der Waals surface area (Å²) >= 11 is 1.76. The second-order valence-corrected chi connectivity index (χ2v) is 5.70. The van der Waals surface area contributed by atoms with E-state index in [4.69, 9.17) is 10.5 Å². The van der Waals surface area contributed by atoms with E-state index in [1.807, 2.05) is 0 Å². The van der Waals surface area contributed by atoms with Gasteiger partial charge in [0.15, 0.2) is 0 Å². The lowest BCUT2D eigenvalue weighted by Crippen LogP contribution is -2.42. The molecular weight excluding hydrogens is 275 g/mol. The topological polar surface area (TPSA) is 35.2 Å². The predicted molar refractivity (Wildman–Crippen MR) is 70.2 cm³/mol. The molecule has 0 aliphatic carbocycles. The number of rotatable bonds is 3. The van der Waals surface area contributed by atoms with Crippen LogP contribution in [0.1, 0.15) is 11.1 Å². The summed E-state index contributed by atoms with van der Waals surface area (Å²) in [6.45, 7) is 0.658. The molecule has 0 aromatic heterocycles. The maximum absolute atomic E-state index is 12.6. The third-order valence-corrected chi connectivity index (χ3v) is 4.06. The average Bonchev–Trinajstić information content (AvgIpc) is 2.39. The van der Waals surface area contributed by atoms with Crippen molar-refractivity contribution < 1.29 is 17.9 Å². The standard InChI is InChI=1S/C13H16F3NOS/c14-13(15,16)10-3-1-2-9(6-10)7-11(17)12-8-19-5-4-18-12/h1-3,6,11-12H,4-5,7-8,17H2. The number of benzene rings is 1. The second-order valence-electron chi connectivity index (χ2n) is 4.55. The molecule has 2 unspecified atom stereocenters. The van der Waals surface area contributed by atoms with E-state index in [-0.39, 0.29) is 12.1 Å². The van der Waals surface area contributed by atoms with E-state index >= 15 is 0 Å². The summed E-state index contributed by atoms with van der Waals surface area (Å²) in [6.07, 6.45) is -3.99. The third kappa shape index (κ3) is 4.12. The molecule has 1 aliphatic rings. The van der Waals surface area contributed by atoms with E-state index in [1.165, 1.54) is 6.07 Å². The lowest BCUT2D eigenvalue weighted by molar-refractivity contribution is -0.137. The van der Waals surface area contributed by atoms with Gasteiger partial charge in [-0.15, -0.1) is 0 Å². The Balaban J connectivity index is 2.02. The zero-order chi connectivity index (χ0) is 13.9. The fourth-order valence-electron chi connectivity index (χ4n) is 2.03. The molecule has 2 atom stereocenters. The predicted octanol–water partition coefficient (Wildman–Crippen LogP) is 2.71. The molecule has 6 heteroatoms. The highest BCUT2D eigenvalue weighted by atomic mass is 32.2. The lowest BCUT2D eigenvalue weighted by Gasteiger charge is -2.27. The first kappa shape index (κ1) is 14.7. The Kier molecular flexibility index (Phi) is 4.76. The minimum absolute atomic E-state index is 0.0757. The van der Waals surface area contributed by atoms with E-state index in [1.54, 1.807) is 17.8 Å². The maximum atomic E-state index is 12.6. The molecule has 1 saturated heterocycles. The van der Waals surface area contributed by atoms with E-state index in [9.17, 15) is 13.2 Å². The molecule has 0 spiro atoms. The van der Waals surface area contributed by atoms with Crippen molar-refractivity contribution in [2.75, 3.05) is 18.1 Å². The van der Waals surface area contributed by atoms with Gasteiger partial charge in [-0.2, -0.15) is 24.9 Å². The van der Waals surface area contributed by atoms with Gasteiger partial charge in [0.1, 0.15) is 0 Å². The van der Waals surface area contributed by atoms with Crippen LogP contribution < -0.4 is 5.73 Å². The van der Waals surface area contributed by atoms with E-state index in [0.717, 1.165) is 23.6 Å². The SMILES string of the molecule is NC(Cc1cccc(C(F)(F)F)c1)C1CSCCO1. The summed E-state index contributed by atoms with van der Waals surface area (Å²) < 4.78 is 43.3. The summed E-state index contributed by atoms with van der Waals surface area (Å²) in [5.41, 5.74) is 5.99. The van der Waals surface area contributed by atoms with Gasteiger partial charge in [-0.3, -0.25) is 0 Å². The second kappa shape index (κ2) is 6.15. The molecule has 2 N–H and O–H groups in total. The molecule has 1 heterocycles. The van der Waals surface area contributed by atoms with Crippen molar-refractivity contribution >= 4 is 11.8 Å². The Morgan fingerprint density at radius 2 is 2.21 bits per heavy atom. The number of alkyl halides is 3. The summed E-state index contributed by atoms with van der Waals surface area (Å²) in [7, 11) is 0. The van der Waals surface area contributed by atoms with Gasteiger partial charge in [0.2, 0.25) is 0 Å². The Morgan fingerprint density at radius 3 is 2.84 bits per heavy atom. The Morgan fingerprint density at radius 1 is 1.42 bits per heavy atom. The van der Waals surface area contributed by atoms with Crippen LogP contribution in [0.2, 0.25) is 0 Å². The summed E-state index contributed by atoms with van der Waals surface area (Å²) in [5, 5.41) is 0. The molecule has 19 heavy (non-hydrogen) atoms. The normalized spacial score (nSPS) is 22.2. The Hall–Kier alpha value is -0.720. The maximum Gasteiger partial charge on any atom is 0.416 e. The van der Waals surface area contributed by atoms with Crippen LogP contribution in [-0.4, -0.2) is 30.3 Å². The number of thioether (sulfide) groups is 1. The molecule has 106 valence electrons. The molecule has 2 nitrogen and oxygen atoms in total. The van der Waals surface area contributed by atoms with Crippen LogP contribution in [0, 0.1) is 0 Å². The van der Waals surface area contributed by atoms with Gasteiger partial charge in [0.25, 0.3) is 0 Å². The molecular formula is C13H16F3NOS. The zero-order valence-corrected chi connectivity index (χ0v) is 11.1. The van der Waals surface area contributed by atoms with Crippen LogP contribution in [-0.2, 0) is 17.3 Å². The van der Waals surface area contributed by atoms with Crippen molar-refractivity contribution in [3.8, 4) is 0 Å². The highest BCUT2D eigenvalue weighted by molar-refractivity contribution is 7.99. The molecule has 1 fully saturated rings. The van der Waals surface area contributed by atoms with Gasteiger partial charge in [-0.25, -0.2) is 0 Å². The van der Waals surface area contributed by atoms with E-state index < -0.39 is 11.7 Å². The van der Waals surface area contributed by atoms with Gasteiger partial charge in [0.05, 0.1) is 18.3 Å². The average molecular weight is 291 g/mol. The van der Waals surface area contributed by atoms with Gasteiger partial charge < -0.3 is 10.5 Å². The lowest BCUT2D eigenvalue weighted by atomic mass is 10.0. The molecule has 0 bridgehead atoms. The number of ether oxygens (including phenoxy) is 1. The molecule has 1 aliphatic heterocycles. The van der Waals surface area contributed by atoms with Crippen LogP contribution in [0.3, 0.4) is 0 Å². The molecule has 2 rings (SSSR count). The first-order valence-electron chi connectivity index (χ1n) is 6.08. The highest BCUT2D eigenvalue weighted by Crippen LogP contribution is 2.30. The zero-order valence-electron chi connectivity index (χ0n) is 10.3. The highest BCUT2D eigenvalue weighted by Gasteiger charge is 2.30. The number of hydrogen-bond donors (Lipinski definition) is 1. The molecule has 0 amide bonds. The van der Waals surface area contributed by atoms with Gasteiger partial charge in [0, 0.05) is 17.5 Å². The fourth-order valence-corrected chi connectivity index (χ4v) is 2.99. The van der Waals surface area contributed by atoms with Crippen LogP contribution in [0.15, 0.2) is 24.3 Å². The van der Waals surface area contributed by atoms with Gasteiger partial charge in [-0.05, 0) is 18.1 Å². The quantitative estimate of drug-likeness (QED) is 0.930. The largest absolute Gasteiger partial charge is 0.416 e. The van der Waals surface area contributed by atoms with E-state index in [0.29, 0.717) is 18.6 Å². The molecule has 0 radical (unpaired) electrons. The number of hydrogen-bond acceptors (Lipinski definition) is 3. The van der Waals surface area contributed by atoms with Crippen molar-refractivity contribution in [3.05, 3.63) is 35.4 Å². The summed E-state index contributed by atoms with van der Waals surface area (Å²) in [4.78, 5) is 0. The molecule has 1 aromatic carbocycles. The van der Waals surface area contributed by atoms with Crippen molar-refractivity contribution in [2.45, 2.75) is 24.7 Å². The molecule has 0 saturated carbocycles. The van der Waals surface area contributed by atoms with Crippen LogP contribution in [0.25, 0.3) is 0 Å². The first-order chi connectivity index (χ1) is 8.97. The first-order valence-corrected chi connectivity index (χ1v) is 7.23. The van der Waals surface area contributed by atoms with Crippen molar-refractivity contribution in [1.29, 1.82) is 0 Å². The minimum atomic E-state index is -4.31. The van der Waals surface area contributed by atoms with Crippen LogP contribution in [0.4, 0.5) is 13.2 Å². The minimum Gasteiger partial charge on any atom is -0.375 e. The van der Waals surface area contributed by atoms with Gasteiger partial charge >= 0.3 is 6.18 Å². The van der Waals surface area contributed by atoms with Crippen LogP contribution >= 0.6 is 11.8 Å².